The molecule has 1 aromatic heterocycles. The lowest BCUT2D eigenvalue weighted by atomic mass is 9.80. The van der Waals surface area contributed by atoms with Crippen LogP contribution in [0.25, 0.3) is 11.0 Å². The number of amides is 4. The summed E-state index contributed by atoms with van der Waals surface area (Å²) >= 11 is 6.11. The Hall–Kier alpha value is -8.14. The first-order chi connectivity index (χ1) is 65.4. The number of morpholine rings is 3. The third-order valence-corrected chi connectivity index (χ3v) is 23.9. The van der Waals surface area contributed by atoms with Crippen LogP contribution in [0.5, 0.6) is 23.0 Å². The highest BCUT2D eigenvalue weighted by Crippen LogP contribution is 2.34. The van der Waals surface area contributed by atoms with E-state index >= 15 is 0 Å². The van der Waals surface area contributed by atoms with Crippen molar-refractivity contribution in [3.8, 4) is 23.0 Å². The van der Waals surface area contributed by atoms with Gasteiger partial charge in [-0.05, 0) is 240 Å². The summed E-state index contributed by atoms with van der Waals surface area (Å²) in [4.78, 5) is 76.4. The molecule has 0 spiro atoms. The predicted octanol–water partition coefficient (Wildman–Crippen LogP) is 8.97. The maximum atomic E-state index is 14.4. The first kappa shape index (κ1) is 115. The Bertz CT molecular complexity index is 5180. The number of nitrogens with zero attached hydrogens (tertiary/aromatic N) is 3. The summed E-state index contributed by atoms with van der Waals surface area (Å²) in [6, 6.07) is 27.6. The molecule has 7 saturated heterocycles. The van der Waals surface area contributed by atoms with Gasteiger partial charge in [0.1, 0.15) is 35.3 Å². The number of likely N-dealkylation sites (N-methyl/N-ethyl adjacent to an activating group) is 2. The van der Waals surface area contributed by atoms with E-state index in [4.69, 9.17) is 86.4 Å². The van der Waals surface area contributed by atoms with Crippen molar-refractivity contribution in [2.24, 2.45) is 0 Å². The molecule has 1 saturated carbocycles. The fraction of sp³-hybridized carbons (Fsp3) is 0.533. The molecule has 8 fully saturated rings. The number of aliphatic hydroxyl groups excluding tert-OH is 3. The van der Waals surface area contributed by atoms with Crippen LogP contribution in [0, 0.1) is 39.8 Å². The zero-order chi connectivity index (χ0) is 101. The Morgan fingerprint density at radius 3 is 1.33 bits per heavy atom. The topological polar surface area (TPSA) is 485 Å². The van der Waals surface area contributed by atoms with Crippen LogP contribution in [-0.2, 0) is 85.7 Å². The summed E-state index contributed by atoms with van der Waals surface area (Å²) in [6.45, 7) is 16.0. The third-order valence-electron chi connectivity index (χ3n) is 21.3. The predicted molar refractivity (Wildman–Crippen MR) is 523 cm³/mol. The quantitative estimate of drug-likeness (QED) is 0.0111. The van der Waals surface area contributed by atoms with Gasteiger partial charge in [-0.15, -0.1) is 0 Å². The van der Waals surface area contributed by atoms with E-state index in [9.17, 15) is 74.5 Å². The van der Waals surface area contributed by atoms with Crippen molar-refractivity contribution in [1.29, 1.82) is 0 Å². The summed E-state index contributed by atoms with van der Waals surface area (Å²) in [5.41, 5.74) is 5.52. The number of nitrogens with two attached hydrogens (primary N) is 1. The number of anilines is 4. The van der Waals surface area contributed by atoms with Crippen LogP contribution in [0.15, 0.2) is 114 Å². The number of rotatable bonds is 20. The second kappa shape index (κ2) is 56.6. The van der Waals surface area contributed by atoms with E-state index in [0.717, 1.165) is 29.8 Å². The number of phenolic OH excluding ortho intramolecular Hbond substituents is 1. The molecule has 12 N–H and O–H groups in total. The van der Waals surface area contributed by atoms with E-state index in [2.05, 4.69) is 63.1 Å². The van der Waals surface area contributed by atoms with Gasteiger partial charge in [0.05, 0.1) is 77.2 Å². The Morgan fingerprint density at radius 1 is 0.522 bits per heavy atom. The molecule has 138 heavy (non-hydrogen) atoms. The van der Waals surface area contributed by atoms with Gasteiger partial charge in [-0.25, -0.2) is 31.5 Å². The normalized spacial score (nSPS) is 20.2. The van der Waals surface area contributed by atoms with Gasteiger partial charge in [0.25, 0.3) is 33.7 Å². The number of esters is 2. The van der Waals surface area contributed by atoms with Crippen molar-refractivity contribution < 1.29 is 155 Å². The van der Waals surface area contributed by atoms with Gasteiger partial charge >= 0.3 is 19.1 Å². The van der Waals surface area contributed by atoms with Gasteiger partial charge < -0.3 is 129 Å². The van der Waals surface area contributed by atoms with Crippen molar-refractivity contribution in [2.75, 3.05) is 134 Å². The number of carbonyl (C=O) groups is 6. The standard InChI is InChI=1S/C24H25FN4O7.C21H28FNO7.C11H12FIO2.C10H17NO5.C8H18N2.C6H5BFIO2.C6H4FIO.C6H12O4S/c25-17-4-2-14(12-19(17)35-15-5-8-33-9-6-15)29-7-10-34-21(24(29)32)20(30)23(31)27-13-1-3-16-18(11-13)36-28-22(16)26;1-21(2,3)30-20(26)17(24)18-19(25)23(8-11-28-18)13-4-5-15(22)16(12-13)29-14-6-9-27-10-7-14;12-10-2-1-8(13)7-11(10)15-9-3-5-14-6-4-9;1-10(2,3)16-9(14)6(12)7-8(13)11-4-5-15-7;1-9-7-5-3-4-6-8(7)10-2;8-6-2-1-4(9)3-5(6)7(10)11;7-5-2-1-4(8)3-6(5)9;1-11(7,8)10-6-2-4-9-5-3-6/h1-4,11-12,15,20-21,30H,5-10H2,(H2,26,28)(H,27,31);4-5,12,14,17-18,24H,6-11H2,1-3H3;1-2,7,9H,3-6H2;6-7,12H,4-5H2,1-3H3,(H,11,13);7-10H,3-6H2,1-2H3;1-3,10-11H;1-3,9H;6H,2-5H2,1H3/t20-,21-;17-,18-;;6-,7-;7-,8-;;;/m11.11.../s1. The number of hydrogen-bond donors (Lipinski definition) is 11. The monoisotopic (exact) mass is 2300 g/mol. The Balaban J connectivity index is 0.000000205. The number of halogens is 8. The van der Waals surface area contributed by atoms with Gasteiger partial charge in [-0.3, -0.25) is 23.4 Å². The molecule has 6 aromatic carbocycles. The summed E-state index contributed by atoms with van der Waals surface area (Å²) < 4.78 is 165. The second-order valence-electron chi connectivity index (χ2n) is 34.2. The molecule has 8 heterocycles. The lowest BCUT2D eigenvalue weighted by molar-refractivity contribution is -0.178. The molecule has 46 heteroatoms. The molecule has 0 unspecified atom stereocenters. The van der Waals surface area contributed by atoms with Crippen molar-refractivity contribution in [2.45, 2.75) is 203 Å². The number of aromatic hydroxyl groups is 1. The third kappa shape index (κ3) is 38.3. The number of nitrogens with one attached hydrogen (secondary N) is 4. The Labute approximate surface area is 838 Å². The summed E-state index contributed by atoms with van der Waals surface area (Å²) in [7, 11) is -0.899. The minimum atomic E-state index is -3.28. The van der Waals surface area contributed by atoms with Crippen molar-refractivity contribution >= 4 is 160 Å². The van der Waals surface area contributed by atoms with Gasteiger partial charge in [-0.1, -0.05) is 18.0 Å². The lowest BCUT2D eigenvalue weighted by Gasteiger charge is -2.34. The number of hydrogen-bond acceptors (Lipinski definition) is 32. The van der Waals surface area contributed by atoms with Crippen LogP contribution >= 0.6 is 67.8 Å². The molecule has 7 aliphatic heterocycles. The van der Waals surface area contributed by atoms with Gasteiger partial charge in [0.15, 0.2) is 94.3 Å². The number of nitrogen functional groups attached to an aromatic ring is 1. The molecule has 1 aliphatic carbocycles. The highest BCUT2D eigenvalue weighted by Gasteiger charge is 2.44. The molecular formula is C92H121BF5I3N8O28S. The molecule has 8 atom stereocenters. The zero-order valence-corrected chi connectivity index (χ0v) is 85.1. The minimum absolute atomic E-state index is 0.0250. The largest absolute Gasteiger partial charge is 0.505 e. The van der Waals surface area contributed by atoms with Crippen LogP contribution in [0.3, 0.4) is 0 Å². The number of aromatic nitrogens is 1. The molecular weight excluding hydrogens is 2180 g/mol. The molecule has 0 radical (unpaired) electrons. The van der Waals surface area contributed by atoms with E-state index in [1.165, 1.54) is 108 Å². The SMILES string of the molecule is CC(C)(C)OC(=O)[C@H](O)[C@H]1OCCN(c2ccc(F)c(OC3CCOCC3)c2)C1=O.CC(C)(C)OC(=O)[C@H](O)[C@H]1OCCNC1=O.CN[C@@H]1CCCC[C@H]1NC.CS(=O)(=O)OC1CCOCC1.Fc1ccc(I)cc1OC1CCOCC1.Nc1noc2cc(NC(=O)[C@H](O)[C@H]3OCCN(c4ccc(F)c(OC5CCOCC5)c4)C3=O)ccc12.OB(O)c1cc(I)ccc1F.Oc1cc(I)ccc1F. The molecule has 15 rings (SSSR count). The number of ether oxygens (including phenoxy) is 12. The fourth-order valence-corrected chi connectivity index (χ4v) is 16.5. The van der Waals surface area contributed by atoms with Crippen LogP contribution in [-0.4, -0.2) is 284 Å². The van der Waals surface area contributed by atoms with Gasteiger partial charge in [-0.2, -0.15) is 8.42 Å². The highest BCUT2D eigenvalue weighted by molar-refractivity contribution is 14.1. The summed E-state index contributed by atoms with van der Waals surface area (Å²) in [5, 5.41) is 72.5. The number of benzene rings is 6. The maximum Gasteiger partial charge on any atom is 0.491 e. The summed E-state index contributed by atoms with van der Waals surface area (Å²) in [5.74, 6) is -6.56. The van der Waals surface area contributed by atoms with Crippen LogP contribution in [0.4, 0.5) is 44.8 Å². The second-order valence-corrected chi connectivity index (χ2v) is 39.6. The number of phenols is 1. The molecule has 7 aromatic rings. The Kier molecular flexibility index (Phi) is 47.3. The fourth-order valence-electron chi connectivity index (χ4n) is 14.3. The van der Waals surface area contributed by atoms with Crippen molar-refractivity contribution in [3.05, 3.63) is 149 Å². The molecule has 0 bridgehead atoms. The van der Waals surface area contributed by atoms with Crippen LogP contribution in [0.1, 0.15) is 119 Å². The highest BCUT2D eigenvalue weighted by atomic mass is 127. The van der Waals surface area contributed by atoms with E-state index in [1.807, 2.05) is 45.2 Å². The van der Waals surface area contributed by atoms with E-state index in [1.54, 1.807) is 77.9 Å². The van der Waals surface area contributed by atoms with E-state index in [0.29, 0.717) is 144 Å². The average Bonchev–Trinajstić information content (AvgIpc) is 1.01. The van der Waals surface area contributed by atoms with E-state index < -0.39 is 124 Å². The smallest absolute Gasteiger partial charge is 0.491 e. The van der Waals surface area contributed by atoms with Crippen molar-refractivity contribution in [3.63, 3.8) is 0 Å². The van der Waals surface area contributed by atoms with Gasteiger partial charge in [0, 0.05) is 135 Å². The van der Waals surface area contributed by atoms with Gasteiger partial charge in [0.2, 0.25) is 0 Å². The van der Waals surface area contributed by atoms with Crippen LogP contribution in [0.2, 0.25) is 0 Å². The van der Waals surface area contributed by atoms with Crippen molar-refractivity contribution in [1.82, 2.24) is 21.1 Å². The molecule has 762 valence electrons. The first-order valence-corrected chi connectivity index (χ1v) is 49.7. The summed E-state index contributed by atoms with van der Waals surface area (Å²) in [6.07, 6.45) is 2.54. The number of carbonyl (C=O) groups excluding carboxylic acids is 6. The zero-order valence-electron chi connectivity index (χ0n) is 77.8. The molecule has 36 nitrogen and oxygen atoms in total. The lowest BCUT2D eigenvalue weighted by Crippen LogP contribution is -2.55. The first-order valence-electron chi connectivity index (χ1n) is 44.6. The minimum Gasteiger partial charge on any atom is -0.505 e. The molecule has 8 aliphatic rings. The molecule has 4 amide bonds. The number of fused-ring (bicyclic) bond motifs is 1. The Morgan fingerprint density at radius 2 is 0.920 bits per heavy atom. The maximum absolute atomic E-state index is 14.4. The number of aliphatic hydroxyl groups is 3. The van der Waals surface area contributed by atoms with E-state index in [-0.39, 0.29) is 91.7 Å². The van der Waals surface area contributed by atoms with Crippen LogP contribution < -0.4 is 56.5 Å². The average molecular weight is 2310 g/mol.